The first-order chi connectivity index (χ1) is 12.4. The number of amides is 1. The molecular formula is C19H22ClNO4S. The number of halogens is 1. The predicted octanol–water partition coefficient (Wildman–Crippen LogP) is 3.56. The van der Waals surface area contributed by atoms with Gasteiger partial charge in [0.2, 0.25) is 5.91 Å². The number of carbonyl (C=O) groups is 1. The van der Waals surface area contributed by atoms with Gasteiger partial charge in [0.05, 0.1) is 22.8 Å². The molecule has 0 unspecified atom stereocenters. The van der Waals surface area contributed by atoms with E-state index in [9.17, 15) is 13.2 Å². The van der Waals surface area contributed by atoms with Crippen LogP contribution >= 0.6 is 11.6 Å². The summed E-state index contributed by atoms with van der Waals surface area (Å²) < 4.78 is 30.0. The van der Waals surface area contributed by atoms with Gasteiger partial charge in [-0.2, -0.15) is 0 Å². The molecule has 0 spiro atoms. The fourth-order valence-corrected chi connectivity index (χ4v) is 4.09. The van der Waals surface area contributed by atoms with Crippen LogP contribution in [0.3, 0.4) is 0 Å². The number of hydrogen-bond acceptors (Lipinski definition) is 4. The Hall–Kier alpha value is -2.05. The number of nitrogens with zero attached hydrogens (tertiary/aromatic N) is 1. The molecule has 0 aromatic heterocycles. The average molecular weight is 396 g/mol. The molecule has 0 N–H and O–H groups in total. The van der Waals surface area contributed by atoms with E-state index in [1.54, 1.807) is 4.90 Å². The molecule has 26 heavy (non-hydrogen) atoms. The minimum absolute atomic E-state index is 0.0767. The van der Waals surface area contributed by atoms with Gasteiger partial charge in [-0.05, 0) is 30.7 Å². The molecule has 0 bridgehead atoms. The van der Waals surface area contributed by atoms with Gasteiger partial charge in [0.25, 0.3) is 0 Å². The SMILES string of the molecule is CCN(Cc1ccccc1)C(=O)CCS(=O)(=O)c1ccc(OC)c(Cl)c1. The predicted molar refractivity (Wildman–Crippen MR) is 102 cm³/mol. The highest BCUT2D eigenvalue weighted by atomic mass is 35.5. The molecule has 5 nitrogen and oxygen atoms in total. The summed E-state index contributed by atoms with van der Waals surface area (Å²) in [6.45, 7) is 2.85. The highest BCUT2D eigenvalue weighted by Gasteiger charge is 2.20. The van der Waals surface area contributed by atoms with Crippen LogP contribution in [-0.4, -0.2) is 38.6 Å². The van der Waals surface area contributed by atoms with Crippen molar-refractivity contribution in [3.63, 3.8) is 0 Å². The number of rotatable bonds is 8. The topological polar surface area (TPSA) is 63.7 Å². The Morgan fingerprint density at radius 3 is 2.42 bits per heavy atom. The molecule has 140 valence electrons. The summed E-state index contributed by atoms with van der Waals surface area (Å²) in [4.78, 5) is 14.2. The lowest BCUT2D eigenvalue weighted by molar-refractivity contribution is -0.131. The van der Waals surface area contributed by atoms with Gasteiger partial charge in [-0.3, -0.25) is 4.79 Å². The molecule has 2 aromatic rings. The first kappa shape index (κ1) is 20.3. The lowest BCUT2D eigenvalue weighted by Gasteiger charge is -2.21. The first-order valence-electron chi connectivity index (χ1n) is 8.25. The van der Waals surface area contributed by atoms with Gasteiger partial charge < -0.3 is 9.64 Å². The van der Waals surface area contributed by atoms with E-state index in [-0.39, 0.29) is 28.0 Å². The minimum Gasteiger partial charge on any atom is -0.495 e. The number of methoxy groups -OCH3 is 1. The van der Waals surface area contributed by atoms with Crippen LogP contribution in [0.4, 0.5) is 0 Å². The van der Waals surface area contributed by atoms with E-state index < -0.39 is 9.84 Å². The number of carbonyl (C=O) groups excluding carboxylic acids is 1. The minimum atomic E-state index is -3.60. The third-order valence-corrected chi connectivity index (χ3v) is 6.03. The molecule has 0 fully saturated rings. The van der Waals surface area contributed by atoms with Crippen molar-refractivity contribution >= 4 is 27.3 Å². The smallest absolute Gasteiger partial charge is 0.223 e. The van der Waals surface area contributed by atoms with Crippen molar-refractivity contribution < 1.29 is 17.9 Å². The maximum Gasteiger partial charge on any atom is 0.223 e. The van der Waals surface area contributed by atoms with Crippen LogP contribution in [0.1, 0.15) is 18.9 Å². The molecule has 0 saturated heterocycles. The van der Waals surface area contributed by atoms with Crippen LogP contribution < -0.4 is 4.74 Å². The lowest BCUT2D eigenvalue weighted by Crippen LogP contribution is -2.31. The maximum atomic E-state index is 12.5. The van der Waals surface area contributed by atoms with E-state index in [0.29, 0.717) is 18.8 Å². The summed E-state index contributed by atoms with van der Waals surface area (Å²) in [6.07, 6.45) is -0.0767. The largest absolute Gasteiger partial charge is 0.495 e. The second-order valence-corrected chi connectivity index (χ2v) is 8.28. The molecule has 0 aliphatic rings. The Morgan fingerprint density at radius 1 is 1.15 bits per heavy atom. The van der Waals surface area contributed by atoms with E-state index in [4.69, 9.17) is 16.3 Å². The van der Waals surface area contributed by atoms with Crippen LogP contribution in [-0.2, 0) is 21.2 Å². The molecule has 0 radical (unpaired) electrons. The fourth-order valence-electron chi connectivity index (χ4n) is 2.52. The average Bonchev–Trinajstić information content (AvgIpc) is 2.65. The van der Waals surface area contributed by atoms with Gasteiger partial charge in [-0.15, -0.1) is 0 Å². The first-order valence-corrected chi connectivity index (χ1v) is 10.3. The molecule has 0 aliphatic heterocycles. The van der Waals surface area contributed by atoms with Gasteiger partial charge in [0.1, 0.15) is 5.75 Å². The summed E-state index contributed by atoms with van der Waals surface area (Å²) in [5.41, 5.74) is 1.01. The molecule has 2 rings (SSSR count). The third-order valence-electron chi connectivity index (χ3n) is 4.02. The zero-order valence-corrected chi connectivity index (χ0v) is 16.4. The molecule has 0 saturated carbocycles. The summed E-state index contributed by atoms with van der Waals surface area (Å²) in [5.74, 6) is -0.0546. The zero-order valence-electron chi connectivity index (χ0n) is 14.8. The van der Waals surface area contributed by atoms with Gasteiger partial charge in [-0.25, -0.2) is 8.42 Å². The van der Waals surface area contributed by atoms with Gasteiger partial charge in [0, 0.05) is 19.5 Å². The van der Waals surface area contributed by atoms with Gasteiger partial charge in [0.15, 0.2) is 9.84 Å². The number of benzene rings is 2. The van der Waals surface area contributed by atoms with Crippen LogP contribution in [0.2, 0.25) is 5.02 Å². The Kier molecular flexibility index (Phi) is 7.06. The van der Waals surface area contributed by atoms with E-state index in [1.807, 2.05) is 37.3 Å². The quantitative estimate of drug-likeness (QED) is 0.685. The van der Waals surface area contributed by atoms with Crippen molar-refractivity contribution in [2.45, 2.75) is 24.8 Å². The molecule has 0 aliphatic carbocycles. The maximum absolute atomic E-state index is 12.5. The summed E-state index contributed by atoms with van der Waals surface area (Å²) in [5, 5.41) is 0.221. The van der Waals surface area contributed by atoms with E-state index in [1.165, 1.54) is 25.3 Å². The second kappa shape index (κ2) is 9.05. The van der Waals surface area contributed by atoms with E-state index >= 15 is 0 Å². The van der Waals surface area contributed by atoms with Crippen LogP contribution in [0.25, 0.3) is 0 Å². The van der Waals surface area contributed by atoms with E-state index in [2.05, 4.69) is 0 Å². The van der Waals surface area contributed by atoms with Crippen molar-refractivity contribution in [3.05, 3.63) is 59.1 Å². The zero-order chi connectivity index (χ0) is 19.2. The Bertz CT molecular complexity index is 853. The molecule has 0 atom stereocenters. The van der Waals surface area contributed by atoms with Crippen LogP contribution in [0, 0.1) is 0 Å². The van der Waals surface area contributed by atoms with Crippen LogP contribution in [0.5, 0.6) is 5.75 Å². The van der Waals surface area contributed by atoms with Gasteiger partial charge in [-0.1, -0.05) is 41.9 Å². The molecular weight excluding hydrogens is 374 g/mol. The number of ether oxygens (including phenoxy) is 1. The highest BCUT2D eigenvalue weighted by molar-refractivity contribution is 7.91. The summed E-state index contributed by atoms with van der Waals surface area (Å²) >= 11 is 6.00. The van der Waals surface area contributed by atoms with Crippen molar-refractivity contribution in [1.29, 1.82) is 0 Å². The normalized spacial score (nSPS) is 11.2. The van der Waals surface area contributed by atoms with Crippen molar-refractivity contribution in [3.8, 4) is 5.75 Å². The van der Waals surface area contributed by atoms with Crippen molar-refractivity contribution in [2.75, 3.05) is 19.4 Å². The molecule has 1 amide bonds. The Morgan fingerprint density at radius 2 is 1.85 bits per heavy atom. The lowest BCUT2D eigenvalue weighted by atomic mass is 10.2. The van der Waals surface area contributed by atoms with Crippen molar-refractivity contribution in [2.24, 2.45) is 0 Å². The molecule has 2 aromatic carbocycles. The van der Waals surface area contributed by atoms with E-state index in [0.717, 1.165) is 5.56 Å². The number of sulfone groups is 1. The number of hydrogen-bond donors (Lipinski definition) is 0. The highest BCUT2D eigenvalue weighted by Crippen LogP contribution is 2.27. The van der Waals surface area contributed by atoms with Crippen molar-refractivity contribution in [1.82, 2.24) is 4.90 Å². The summed E-state index contributed by atoms with van der Waals surface area (Å²) in [7, 11) is -2.15. The third kappa shape index (κ3) is 5.22. The Balaban J connectivity index is 2.03. The molecule has 0 heterocycles. The Labute approximate surface area is 159 Å². The monoisotopic (exact) mass is 395 g/mol. The van der Waals surface area contributed by atoms with Gasteiger partial charge >= 0.3 is 0 Å². The fraction of sp³-hybridized carbons (Fsp3) is 0.316. The molecule has 7 heteroatoms. The second-order valence-electron chi connectivity index (χ2n) is 5.76. The summed E-state index contributed by atoms with van der Waals surface area (Å²) in [6, 6.07) is 13.9. The van der Waals surface area contributed by atoms with Crippen LogP contribution in [0.15, 0.2) is 53.4 Å². The standard InChI is InChI=1S/C19H22ClNO4S/c1-3-21(14-15-7-5-4-6-8-15)19(22)11-12-26(23,24)16-9-10-18(25-2)17(20)13-16/h4-10,13H,3,11-12,14H2,1-2H3.